The number of carbonyl (C=O) groups is 1. The average Bonchev–Trinajstić information content (AvgIpc) is 2.92. The number of benzene rings is 1. The van der Waals surface area contributed by atoms with E-state index in [9.17, 15) is 13.2 Å². The van der Waals surface area contributed by atoms with E-state index in [1.54, 1.807) is 13.8 Å². The average molecular weight is 351 g/mol. The number of rotatable bonds is 8. The van der Waals surface area contributed by atoms with Gasteiger partial charge in [-0.1, -0.05) is 32.0 Å². The first-order chi connectivity index (χ1) is 11.3. The van der Waals surface area contributed by atoms with Crippen molar-refractivity contribution in [2.45, 2.75) is 20.3 Å². The first-order valence-electron chi connectivity index (χ1n) is 8.07. The first-order valence-corrected chi connectivity index (χ1v) is 9.91. The molecule has 0 bridgehead atoms. The van der Waals surface area contributed by atoms with Crippen molar-refractivity contribution in [2.24, 2.45) is 5.92 Å². The Labute approximate surface area is 143 Å². The molecule has 2 N–H and O–H groups in total. The lowest BCUT2D eigenvalue weighted by Crippen LogP contribution is -2.40. The number of sulfonamides is 1. The predicted molar refractivity (Wildman–Crippen MR) is 96.3 cm³/mol. The Morgan fingerprint density at radius 2 is 1.96 bits per heavy atom. The number of carbonyl (C=O) groups excluding carboxylic acids is 1. The van der Waals surface area contributed by atoms with E-state index >= 15 is 0 Å². The van der Waals surface area contributed by atoms with Gasteiger partial charge in [0.2, 0.25) is 15.9 Å². The van der Waals surface area contributed by atoms with Gasteiger partial charge in [-0.15, -0.1) is 0 Å². The van der Waals surface area contributed by atoms with Crippen LogP contribution >= 0.6 is 0 Å². The van der Waals surface area contributed by atoms with Gasteiger partial charge in [0, 0.05) is 42.7 Å². The molecule has 132 valence electrons. The molecule has 0 saturated carbocycles. The number of fused-ring (bicyclic) bond motifs is 1. The van der Waals surface area contributed by atoms with E-state index in [1.165, 1.54) is 10.6 Å². The summed E-state index contributed by atoms with van der Waals surface area (Å²) in [6.45, 7) is 4.59. The molecule has 1 amide bonds. The van der Waals surface area contributed by atoms with Crippen molar-refractivity contribution < 1.29 is 13.2 Å². The number of amides is 1. The highest BCUT2D eigenvalue weighted by Gasteiger charge is 2.17. The van der Waals surface area contributed by atoms with Crippen LogP contribution < -0.4 is 5.32 Å². The van der Waals surface area contributed by atoms with E-state index in [0.717, 1.165) is 16.5 Å². The third-order valence-corrected chi connectivity index (χ3v) is 5.26. The van der Waals surface area contributed by atoms with Gasteiger partial charge >= 0.3 is 0 Å². The lowest BCUT2D eigenvalue weighted by atomic mass is 10.1. The Hall–Kier alpha value is -1.86. The van der Waals surface area contributed by atoms with E-state index in [2.05, 4.69) is 10.3 Å². The van der Waals surface area contributed by atoms with Crippen LogP contribution in [-0.4, -0.2) is 49.5 Å². The van der Waals surface area contributed by atoms with Crippen LogP contribution in [0, 0.1) is 5.92 Å². The number of nitrogens with zero attached hydrogens (tertiary/aromatic N) is 1. The zero-order chi connectivity index (χ0) is 17.7. The highest BCUT2D eigenvalue weighted by atomic mass is 32.2. The Morgan fingerprint density at radius 3 is 2.62 bits per heavy atom. The van der Waals surface area contributed by atoms with Gasteiger partial charge in [-0.2, -0.15) is 0 Å². The van der Waals surface area contributed by atoms with E-state index in [0.29, 0.717) is 19.5 Å². The topological polar surface area (TPSA) is 82.3 Å². The van der Waals surface area contributed by atoms with Crippen molar-refractivity contribution in [3.05, 3.63) is 36.0 Å². The molecule has 2 aromatic rings. The smallest absolute Gasteiger partial charge is 0.222 e. The fraction of sp³-hybridized carbons (Fsp3) is 0.471. The maximum absolute atomic E-state index is 12.0. The summed E-state index contributed by atoms with van der Waals surface area (Å²) < 4.78 is 25.4. The Kier molecular flexibility index (Phi) is 6.01. The van der Waals surface area contributed by atoms with E-state index < -0.39 is 10.0 Å². The molecule has 0 saturated heterocycles. The number of hydrogen-bond donors (Lipinski definition) is 2. The van der Waals surface area contributed by atoms with Gasteiger partial charge in [0.05, 0.1) is 6.26 Å². The summed E-state index contributed by atoms with van der Waals surface area (Å²) in [6, 6.07) is 7.95. The number of aromatic amines is 1. The van der Waals surface area contributed by atoms with E-state index in [1.807, 2.05) is 30.5 Å². The SMILES string of the molecule is CC(C)C(=O)NCCN(CCc1c[nH]c2ccccc12)S(C)(=O)=O. The van der Waals surface area contributed by atoms with Gasteiger partial charge in [-0.3, -0.25) is 4.79 Å². The van der Waals surface area contributed by atoms with Crippen molar-refractivity contribution >= 4 is 26.8 Å². The fourth-order valence-electron chi connectivity index (χ4n) is 2.53. The van der Waals surface area contributed by atoms with Gasteiger partial charge < -0.3 is 10.3 Å². The van der Waals surface area contributed by atoms with Gasteiger partial charge in [0.1, 0.15) is 0 Å². The van der Waals surface area contributed by atoms with Crippen molar-refractivity contribution in [3.8, 4) is 0 Å². The minimum Gasteiger partial charge on any atom is -0.361 e. The monoisotopic (exact) mass is 351 g/mol. The quantitative estimate of drug-likeness (QED) is 0.760. The van der Waals surface area contributed by atoms with E-state index in [-0.39, 0.29) is 18.4 Å². The van der Waals surface area contributed by atoms with Crippen molar-refractivity contribution in [1.29, 1.82) is 0 Å². The molecule has 0 atom stereocenters. The number of aromatic nitrogens is 1. The molecule has 24 heavy (non-hydrogen) atoms. The van der Waals surface area contributed by atoms with Crippen molar-refractivity contribution in [2.75, 3.05) is 25.9 Å². The molecule has 2 rings (SSSR count). The zero-order valence-electron chi connectivity index (χ0n) is 14.4. The molecule has 0 aliphatic rings. The van der Waals surface area contributed by atoms with Gasteiger partial charge in [0.15, 0.2) is 0 Å². The number of nitrogens with one attached hydrogen (secondary N) is 2. The Bertz CT molecular complexity index is 796. The van der Waals surface area contributed by atoms with Crippen LogP contribution in [0.25, 0.3) is 10.9 Å². The summed E-state index contributed by atoms with van der Waals surface area (Å²) in [4.78, 5) is 14.8. The van der Waals surface area contributed by atoms with Crippen LogP contribution in [0.2, 0.25) is 0 Å². The highest BCUT2D eigenvalue weighted by Crippen LogP contribution is 2.18. The largest absolute Gasteiger partial charge is 0.361 e. The Morgan fingerprint density at radius 1 is 1.25 bits per heavy atom. The second-order valence-electron chi connectivity index (χ2n) is 6.22. The number of hydrogen-bond acceptors (Lipinski definition) is 3. The van der Waals surface area contributed by atoms with Crippen LogP contribution in [0.5, 0.6) is 0 Å². The van der Waals surface area contributed by atoms with Crippen LogP contribution in [-0.2, 0) is 21.2 Å². The lowest BCUT2D eigenvalue weighted by Gasteiger charge is -2.20. The summed E-state index contributed by atoms with van der Waals surface area (Å²) in [7, 11) is -3.32. The second-order valence-corrected chi connectivity index (χ2v) is 8.20. The minimum atomic E-state index is -3.32. The van der Waals surface area contributed by atoms with Crippen molar-refractivity contribution in [3.63, 3.8) is 0 Å². The van der Waals surface area contributed by atoms with Gasteiger partial charge in [-0.25, -0.2) is 12.7 Å². The molecule has 6 nitrogen and oxygen atoms in total. The molecule has 0 spiro atoms. The van der Waals surface area contributed by atoms with Crippen LogP contribution in [0.4, 0.5) is 0 Å². The standard InChI is InChI=1S/C17H25N3O3S/c1-13(2)17(21)18-9-11-20(24(3,22)23)10-8-14-12-19-16-7-5-4-6-15(14)16/h4-7,12-13,19H,8-11H2,1-3H3,(H,18,21). The summed E-state index contributed by atoms with van der Waals surface area (Å²) in [5.41, 5.74) is 2.13. The van der Waals surface area contributed by atoms with E-state index in [4.69, 9.17) is 0 Å². The molecule has 0 radical (unpaired) electrons. The molecule has 1 aromatic carbocycles. The lowest BCUT2D eigenvalue weighted by molar-refractivity contribution is -0.123. The first kappa shape index (κ1) is 18.5. The fourth-order valence-corrected chi connectivity index (χ4v) is 3.38. The number of para-hydroxylation sites is 1. The second kappa shape index (κ2) is 7.81. The van der Waals surface area contributed by atoms with Gasteiger partial charge in [-0.05, 0) is 18.1 Å². The summed E-state index contributed by atoms with van der Waals surface area (Å²) in [5.74, 6) is -0.178. The maximum atomic E-state index is 12.0. The third-order valence-electron chi connectivity index (χ3n) is 3.96. The summed E-state index contributed by atoms with van der Waals surface area (Å²) in [6.07, 6.45) is 3.74. The molecule has 0 aliphatic carbocycles. The normalized spacial score (nSPS) is 12.2. The minimum absolute atomic E-state index is 0.0694. The predicted octanol–water partition coefficient (Wildman–Crippen LogP) is 1.74. The Balaban J connectivity index is 1.98. The van der Waals surface area contributed by atoms with Crippen molar-refractivity contribution in [1.82, 2.24) is 14.6 Å². The van der Waals surface area contributed by atoms with Crippen LogP contribution in [0.15, 0.2) is 30.5 Å². The molecule has 1 heterocycles. The number of H-pyrrole nitrogens is 1. The zero-order valence-corrected chi connectivity index (χ0v) is 15.2. The van der Waals surface area contributed by atoms with Crippen LogP contribution in [0.1, 0.15) is 19.4 Å². The summed E-state index contributed by atoms with van der Waals surface area (Å²) >= 11 is 0. The summed E-state index contributed by atoms with van der Waals surface area (Å²) in [5, 5.41) is 3.87. The molecular formula is C17H25N3O3S. The molecular weight excluding hydrogens is 326 g/mol. The van der Waals surface area contributed by atoms with Gasteiger partial charge in [0.25, 0.3) is 0 Å². The molecule has 0 fully saturated rings. The van der Waals surface area contributed by atoms with Crippen LogP contribution in [0.3, 0.4) is 0 Å². The molecule has 0 aliphatic heterocycles. The highest BCUT2D eigenvalue weighted by molar-refractivity contribution is 7.88. The molecule has 0 unspecified atom stereocenters. The maximum Gasteiger partial charge on any atom is 0.222 e. The molecule has 7 heteroatoms. The third kappa shape index (κ3) is 4.82. The molecule has 1 aromatic heterocycles.